The van der Waals surface area contributed by atoms with Gasteiger partial charge in [0.25, 0.3) is 0 Å². The molecule has 2 heterocycles. The number of hydrogen-bond donors (Lipinski definition) is 1. The Labute approximate surface area is 98.7 Å². The van der Waals surface area contributed by atoms with Gasteiger partial charge in [-0.1, -0.05) is 4.49 Å². The highest BCUT2D eigenvalue weighted by Crippen LogP contribution is 2.19. The van der Waals surface area contributed by atoms with Crippen molar-refractivity contribution in [2.24, 2.45) is 0 Å². The quantitative estimate of drug-likeness (QED) is 0.850. The van der Waals surface area contributed by atoms with Gasteiger partial charge in [-0.05, 0) is 37.5 Å². The molecule has 2 aromatic heterocycles. The van der Waals surface area contributed by atoms with Gasteiger partial charge in [-0.25, -0.2) is 0 Å². The van der Waals surface area contributed by atoms with Crippen LogP contribution >= 0.6 is 11.5 Å². The lowest BCUT2D eigenvalue weighted by Gasteiger charge is -2.11. The fourth-order valence-corrected chi connectivity index (χ4v) is 2.20. The van der Waals surface area contributed by atoms with Crippen molar-refractivity contribution in [3.63, 3.8) is 0 Å². The number of aromatic nitrogens is 4. The van der Waals surface area contributed by atoms with Crippen molar-refractivity contribution in [2.75, 3.05) is 7.05 Å². The van der Waals surface area contributed by atoms with Crippen LogP contribution in [0.3, 0.4) is 0 Å². The van der Waals surface area contributed by atoms with Crippen molar-refractivity contribution in [1.29, 1.82) is 0 Å². The first-order valence-corrected chi connectivity index (χ1v) is 6.06. The summed E-state index contributed by atoms with van der Waals surface area (Å²) < 4.78 is 5.82. The molecule has 1 atom stereocenters. The summed E-state index contributed by atoms with van der Waals surface area (Å²) in [7, 11) is 1.95. The number of aryl methyl sites for hydroxylation is 1. The van der Waals surface area contributed by atoms with E-state index in [9.17, 15) is 0 Å². The van der Waals surface area contributed by atoms with Gasteiger partial charge < -0.3 is 5.32 Å². The highest BCUT2D eigenvalue weighted by atomic mass is 32.1. The zero-order chi connectivity index (χ0) is 11.4. The van der Waals surface area contributed by atoms with Gasteiger partial charge in [0, 0.05) is 18.8 Å². The van der Waals surface area contributed by atoms with Crippen LogP contribution in [0.15, 0.2) is 18.6 Å². The standard InChI is InChI=1S/C10H15N5S/c1-3-15-7-8(5-13-15)4-9(11-2)10-6-12-14-16-10/h5-7,9,11H,3-4H2,1-2H3. The van der Waals surface area contributed by atoms with Crippen LogP contribution in [-0.2, 0) is 13.0 Å². The van der Waals surface area contributed by atoms with Crippen LogP contribution < -0.4 is 5.32 Å². The Balaban J connectivity index is 2.07. The fourth-order valence-electron chi connectivity index (χ4n) is 1.59. The van der Waals surface area contributed by atoms with Gasteiger partial charge in [-0.2, -0.15) is 5.10 Å². The summed E-state index contributed by atoms with van der Waals surface area (Å²) in [6, 6.07) is 0.273. The second kappa shape index (κ2) is 5.18. The summed E-state index contributed by atoms with van der Waals surface area (Å²) in [5, 5.41) is 11.4. The summed E-state index contributed by atoms with van der Waals surface area (Å²) in [6.07, 6.45) is 6.73. The van der Waals surface area contributed by atoms with Crippen molar-refractivity contribution in [2.45, 2.75) is 25.9 Å². The molecule has 0 aliphatic heterocycles. The van der Waals surface area contributed by atoms with Gasteiger partial charge in [0.2, 0.25) is 0 Å². The summed E-state index contributed by atoms with van der Waals surface area (Å²) in [5.74, 6) is 0. The summed E-state index contributed by atoms with van der Waals surface area (Å²) in [6.45, 7) is 2.99. The van der Waals surface area contributed by atoms with E-state index >= 15 is 0 Å². The zero-order valence-corrected chi connectivity index (χ0v) is 10.2. The van der Waals surface area contributed by atoms with Crippen LogP contribution in [0.25, 0.3) is 0 Å². The number of rotatable bonds is 5. The van der Waals surface area contributed by atoms with E-state index < -0.39 is 0 Å². The minimum absolute atomic E-state index is 0.273. The van der Waals surface area contributed by atoms with E-state index in [1.807, 2.05) is 24.1 Å². The van der Waals surface area contributed by atoms with Crippen LogP contribution in [0.4, 0.5) is 0 Å². The Hall–Kier alpha value is -1.27. The van der Waals surface area contributed by atoms with E-state index in [0.29, 0.717) is 0 Å². The Morgan fingerprint density at radius 3 is 2.94 bits per heavy atom. The lowest BCUT2D eigenvalue weighted by atomic mass is 10.1. The molecular formula is C10H15N5S. The molecule has 0 amide bonds. The lowest BCUT2D eigenvalue weighted by molar-refractivity contribution is 0.599. The molecule has 2 rings (SSSR count). The van der Waals surface area contributed by atoms with E-state index in [-0.39, 0.29) is 6.04 Å². The van der Waals surface area contributed by atoms with Crippen LogP contribution in [0.5, 0.6) is 0 Å². The Morgan fingerprint density at radius 1 is 1.50 bits per heavy atom. The fraction of sp³-hybridized carbons (Fsp3) is 0.500. The predicted molar refractivity (Wildman–Crippen MR) is 63.3 cm³/mol. The summed E-state index contributed by atoms with van der Waals surface area (Å²) >= 11 is 1.44. The molecule has 0 aliphatic rings. The summed E-state index contributed by atoms with van der Waals surface area (Å²) in [5.41, 5.74) is 1.23. The van der Waals surface area contributed by atoms with Crippen molar-refractivity contribution in [3.05, 3.63) is 29.0 Å². The zero-order valence-electron chi connectivity index (χ0n) is 9.42. The molecule has 1 unspecified atom stereocenters. The molecule has 2 aromatic rings. The van der Waals surface area contributed by atoms with Gasteiger partial charge in [0.1, 0.15) is 0 Å². The number of nitrogens with zero attached hydrogens (tertiary/aromatic N) is 4. The SMILES string of the molecule is CCn1cc(CC(NC)c2cnns2)cn1. The lowest BCUT2D eigenvalue weighted by Crippen LogP contribution is -2.17. The minimum Gasteiger partial charge on any atom is -0.312 e. The summed E-state index contributed by atoms with van der Waals surface area (Å²) in [4.78, 5) is 1.16. The third-order valence-corrected chi connectivity index (χ3v) is 3.30. The van der Waals surface area contributed by atoms with Gasteiger partial charge in [0.15, 0.2) is 0 Å². The molecule has 0 aliphatic carbocycles. The van der Waals surface area contributed by atoms with Crippen LogP contribution in [0.2, 0.25) is 0 Å². The van der Waals surface area contributed by atoms with Crippen molar-refractivity contribution < 1.29 is 0 Å². The molecule has 0 saturated carbocycles. The van der Waals surface area contributed by atoms with Gasteiger partial charge >= 0.3 is 0 Å². The molecule has 0 spiro atoms. The Bertz CT molecular complexity index is 422. The number of nitrogens with one attached hydrogen (secondary N) is 1. The van der Waals surface area contributed by atoms with E-state index in [0.717, 1.165) is 17.8 Å². The second-order valence-corrected chi connectivity index (χ2v) is 4.39. The van der Waals surface area contributed by atoms with Crippen molar-refractivity contribution >= 4 is 11.5 Å². The monoisotopic (exact) mass is 237 g/mol. The van der Waals surface area contributed by atoms with E-state index in [2.05, 4.69) is 33.1 Å². The maximum Gasteiger partial charge on any atom is 0.0669 e. The average molecular weight is 237 g/mol. The highest BCUT2D eigenvalue weighted by Gasteiger charge is 2.13. The molecule has 1 N–H and O–H groups in total. The van der Waals surface area contributed by atoms with Gasteiger partial charge in [-0.3, -0.25) is 4.68 Å². The number of likely N-dealkylation sites (N-methyl/N-ethyl adjacent to an activating group) is 1. The van der Waals surface area contributed by atoms with E-state index in [1.54, 1.807) is 0 Å². The topological polar surface area (TPSA) is 55.6 Å². The normalized spacial score (nSPS) is 12.9. The molecule has 5 nitrogen and oxygen atoms in total. The molecule has 6 heteroatoms. The van der Waals surface area contributed by atoms with Gasteiger partial charge in [-0.15, -0.1) is 5.10 Å². The molecule has 16 heavy (non-hydrogen) atoms. The molecule has 86 valence electrons. The maximum atomic E-state index is 4.26. The predicted octanol–water partition coefficient (Wildman–Crippen LogP) is 1.26. The molecular weight excluding hydrogens is 222 g/mol. The first-order chi connectivity index (χ1) is 7.83. The van der Waals surface area contributed by atoms with E-state index in [4.69, 9.17) is 0 Å². The van der Waals surface area contributed by atoms with Crippen LogP contribution in [-0.4, -0.2) is 26.4 Å². The smallest absolute Gasteiger partial charge is 0.0669 e. The first kappa shape index (κ1) is 11.2. The highest BCUT2D eigenvalue weighted by molar-refractivity contribution is 7.05. The van der Waals surface area contributed by atoms with Crippen LogP contribution in [0, 0.1) is 0 Å². The molecule has 0 aromatic carbocycles. The molecule has 0 radical (unpaired) electrons. The minimum atomic E-state index is 0.273. The third-order valence-electron chi connectivity index (χ3n) is 2.52. The van der Waals surface area contributed by atoms with Gasteiger partial charge in [0.05, 0.1) is 17.3 Å². The maximum absolute atomic E-state index is 4.26. The first-order valence-electron chi connectivity index (χ1n) is 5.29. The van der Waals surface area contributed by atoms with Crippen molar-refractivity contribution in [3.8, 4) is 0 Å². The second-order valence-electron chi connectivity index (χ2n) is 3.57. The van der Waals surface area contributed by atoms with E-state index in [1.165, 1.54) is 17.1 Å². The average Bonchev–Trinajstić information content (AvgIpc) is 2.96. The largest absolute Gasteiger partial charge is 0.312 e. The number of hydrogen-bond acceptors (Lipinski definition) is 5. The Morgan fingerprint density at radius 2 is 2.38 bits per heavy atom. The molecule has 0 bridgehead atoms. The molecule has 0 saturated heterocycles. The van der Waals surface area contributed by atoms with Crippen molar-refractivity contribution in [1.82, 2.24) is 24.7 Å². The Kier molecular flexibility index (Phi) is 3.63. The third kappa shape index (κ3) is 2.45. The van der Waals surface area contributed by atoms with Crippen LogP contribution in [0.1, 0.15) is 23.4 Å². The molecule has 0 fully saturated rings.